The standard InChI is InChI=1S/C13H17BrN2O4/c1-8(2)16(7-12(17)18)13(19)15-10-6-9(14)4-5-11(10)20-3/h4-6,8H,7H2,1-3H3,(H,15,19)(H,17,18). The third-order valence-electron chi connectivity index (χ3n) is 2.59. The number of carbonyl (C=O) groups excluding carboxylic acids is 1. The van der Waals surface area contributed by atoms with Gasteiger partial charge in [0.05, 0.1) is 12.8 Å². The van der Waals surface area contributed by atoms with Crippen LogP contribution >= 0.6 is 15.9 Å². The summed E-state index contributed by atoms with van der Waals surface area (Å²) >= 11 is 3.31. The summed E-state index contributed by atoms with van der Waals surface area (Å²) in [5.74, 6) is -0.560. The molecule has 0 unspecified atom stereocenters. The summed E-state index contributed by atoms with van der Waals surface area (Å²) in [6.45, 7) is 3.14. The van der Waals surface area contributed by atoms with E-state index < -0.39 is 12.0 Å². The van der Waals surface area contributed by atoms with Crippen LogP contribution in [0.1, 0.15) is 13.8 Å². The summed E-state index contributed by atoms with van der Waals surface area (Å²) in [5, 5.41) is 11.5. The number of carbonyl (C=O) groups is 2. The molecule has 0 aliphatic carbocycles. The molecular weight excluding hydrogens is 328 g/mol. The second-order valence-corrected chi connectivity index (χ2v) is 5.31. The van der Waals surface area contributed by atoms with Crippen molar-refractivity contribution in [1.82, 2.24) is 4.90 Å². The van der Waals surface area contributed by atoms with Crippen molar-refractivity contribution < 1.29 is 19.4 Å². The Morgan fingerprint density at radius 2 is 2.10 bits per heavy atom. The molecule has 0 atom stereocenters. The van der Waals surface area contributed by atoms with Crippen LogP contribution in [0.25, 0.3) is 0 Å². The average Bonchev–Trinajstić information content (AvgIpc) is 2.35. The van der Waals surface area contributed by atoms with Gasteiger partial charge in [-0.15, -0.1) is 0 Å². The molecule has 0 aromatic heterocycles. The van der Waals surface area contributed by atoms with Gasteiger partial charge in [-0.3, -0.25) is 4.79 Å². The highest BCUT2D eigenvalue weighted by Gasteiger charge is 2.20. The Kier molecular flexibility index (Phi) is 5.82. The van der Waals surface area contributed by atoms with Gasteiger partial charge in [0.1, 0.15) is 12.3 Å². The normalized spacial score (nSPS) is 10.2. The van der Waals surface area contributed by atoms with Gasteiger partial charge in [-0.2, -0.15) is 0 Å². The second kappa shape index (κ2) is 7.14. The van der Waals surface area contributed by atoms with Gasteiger partial charge in [-0.1, -0.05) is 15.9 Å². The minimum Gasteiger partial charge on any atom is -0.495 e. The number of anilines is 1. The lowest BCUT2D eigenvalue weighted by molar-refractivity contribution is -0.137. The number of benzene rings is 1. The topological polar surface area (TPSA) is 78.9 Å². The molecule has 0 bridgehead atoms. The number of urea groups is 1. The van der Waals surface area contributed by atoms with Crippen LogP contribution < -0.4 is 10.1 Å². The molecule has 1 rings (SSSR count). The van der Waals surface area contributed by atoms with E-state index in [-0.39, 0.29) is 12.6 Å². The lowest BCUT2D eigenvalue weighted by Crippen LogP contribution is -2.43. The van der Waals surface area contributed by atoms with Crippen LogP contribution in [-0.2, 0) is 4.79 Å². The van der Waals surface area contributed by atoms with Crippen molar-refractivity contribution in [3.05, 3.63) is 22.7 Å². The number of aliphatic carboxylic acids is 1. The second-order valence-electron chi connectivity index (χ2n) is 4.39. The number of amides is 2. The Bertz CT molecular complexity index is 505. The zero-order valence-electron chi connectivity index (χ0n) is 11.5. The average molecular weight is 345 g/mol. The lowest BCUT2D eigenvalue weighted by atomic mass is 10.3. The predicted octanol–water partition coefficient (Wildman–Crippen LogP) is 2.78. The molecule has 0 saturated heterocycles. The van der Waals surface area contributed by atoms with E-state index in [2.05, 4.69) is 21.2 Å². The lowest BCUT2D eigenvalue weighted by Gasteiger charge is -2.25. The summed E-state index contributed by atoms with van der Waals surface area (Å²) in [6.07, 6.45) is 0. The highest BCUT2D eigenvalue weighted by atomic mass is 79.9. The molecule has 6 nitrogen and oxygen atoms in total. The van der Waals surface area contributed by atoms with Gasteiger partial charge in [0.2, 0.25) is 0 Å². The molecule has 0 saturated carbocycles. The van der Waals surface area contributed by atoms with Crippen LogP contribution in [0.5, 0.6) is 5.75 Å². The number of halogens is 1. The fourth-order valence-corrected chi connectivity index (χ4v) is 1.96. The highest BCUT2D eigenvalue weighted by Crippen LogP contribution is 2.28. The zero-order valence-corrected chi connectivity index (χ0v) is 13.1. The fourth-order valence-electron chi connectivity index (χ4n) is 1.60. The van der Waals surface area contributed by atoms with Crippen LogP contribution in [0.3, 0.4) is 0 Å². The number of nitrogens with zero attached hydrogens (tertiary/aromatic N) is 1. The molecule has 0 spiro atoms. The maximum atomic E-state index is 12.1. The molecule has 110 valence electrons. The fraction of sp³-hybridized carbons (Fsp3) is 0.385. The predicted molar refractivity (Wildman–Crippen MR) is 79.2 cm³/mol. The molecule has 0 fully saturated rings. The van der Waals surface area contributed by atoms with Crippen molar-refractivity contribution in [2.24, 2.45) is 0 Å². The quantitative estimate of drug-likeness (QED) is 0.860. The summed E-state index contributed by atoms with van der Waals surface area (Å²) in [7, 11) is 1.50. The Morgan fingerprint density at radius 3 is 2.60 bits per heavy atom. The number of carboxylic acid groups (broad SMARTS) is 1. The molecule has 0 aliphatic rings. The Hall–Kier alpha value is -1.76. The van der Waals surface area contributed by atoms with Crippen molar-refractivity contribution >= 4 is 33.6 Å². The molecule has 0 radical (unpaired) electrons. The highest BCUT2D eigenvalue weighted by molar-refractivity contribution is 9.10. The van der Waals surface area contributed by atoms with Gasteiger partial charge in [0, 0.05) is 10.5 Å². The number of carboxylic acids is 1. The van der Waals surface area contributed by atoms with Gasteiger partial charge >= 0.3 is 12.0 Å². The first-order valence-electron chi connectivity index (χ1n) is 5.98. The van der Waals surface area contributed by atoms with E-state index in [4.69, 9.17) is 9.84 Å². The molecular formula is C13H17BrN2O4. The number of hydrogen-bond donors (Lipinski definition) is 2. The summed E-state index contributed by atoms with van der Waals surface area (Å²) in [4.78, 5) is 24.2. The summed E-state index contributed by atoms with van der Waals surface area (Å²) in [6, 6.07) is 4.46. The molecule has 1 aromatic carbocycles. The molecule has 0 aliphatic heterocycles. The van der Waals surface area contributed by atoms with Crippen molar-refractivity contribution in [2.75, 3.05) is 19.0 Å². The number of nitrogens with one attached hydrogen (secondary N) is 1. The van der Waals surface area contributed by atoms with Crippen LogP contribution in [0.4, 0.5) is 10.5 Å². The molecule has 1 aromatic rings. The number of rotatable bonds is 5. The van der Waals surface area contributed by atoms with Gasteiger partial charge in [-0.25, -0.2) is 4.79 Å². The maximum Gasteiger partial charge on any atom is 0.323 e. The number of hydrogen-bond acceptors (Lipinski definition) is 3. The van der Waals surface area contributed by atoms with Crippen molar-refractivity contribution in [3.8, 4) is 5.75 Å². The third-order valence-corrected chi connectivity index (χ3v) is 3.09. The Labute approximate surface area is 125 Å². The number of methoxy groups -OCH3 is 1. The van der Waals surface area contributed by atoms with Crippen molar-refractivity contribution in [1.29, 1.82) is 0 Å². The van der Waals surface area contributed by atoms with Gasteiger partial charge in [-0.05, 0) is 32.0 Å². The van der Waals surface area contributed by atoms with Crippen molar-refractivity contribution in [2.45, 2.75) is 19.9 Å². The van der Waals surface area contributed by atoms with E-state index in [1.54, 1.807) is 32.0 Å². The summed E-state index contributed by atoms with van der Waals surface area (Å²) < 4.78 is 5.93. The molecule has 2 N–H and O–H groups in total. The SMILES string of the molecule is COc1ccc(Br)cc1NC(=O)N(CC(=O)O)C(C)C. The molecule has 2 amide bonds. The Morgan fingerprint density at radius 1 is 1.45 bits per heavy atom. The van der Waals surface area contributed by atoms with E-state index in [0.29, 0.717) is 11.4 Å². The first-order chi connectivity index (χ1) is 9.35. The van der Waals surface area contributed by atoms with Gasteiger partial charge in [0.15, 0.2) is 0 Å². The monoisotopic (exact) mass is 344 g/mol. The van der Waals surface area contributed by atoms with Crippen LogP contribution in [0.15, 0.2) is 22.7 Å². The van der Waals surface area contributed by atoms with Crippen LogP contribution in [0.2, 0.25) is 0 Å². The Balaban J connectivity index is 2.93. The van der Waals surface area contributed by atoms with E-state index in [9.17, 15) is 9.59 Å². The molecule has 7 heteroatoms. The maximum absolute atomic E-state index is 12.1. The third kappa shape index (κ3) is 4.41. The summed E-state index contributed by atoms with van der Waals surface area (Å²) in [5.41, 5.74) is 0.475. The van der Waals surface area contributed by atoms with E-state index in [0.717, 1.165) is 4.47 Å². The van der Waals surface area contributed by atoms with Gasteiger partial charge in [0.25, 0.3) is 0 Å². The van der Waals surface area contributed by atoms with E-state index in [1.165, 1.54) is 12.0 Å². The smallest absolute Gasteiger partial charge is 0.323 e. The van der Waals surface area contributed by atoms with Crippen LogP contribution in [0, 0.1) is 0 Å². The van der Waals surface area contributed by atoms with Crippen molar-refractivity contribution in [3.63, 3.8) is 0 Å². The molecule has 20 heavy (non-hydrogen) atoms. The minimum absolute atomic E-state index is 0.232. The van der Waals surface area contributed by atoms with E-state index in [1.807, 2.05) is 0 Å². The van der Waals surface area contributed by atoms with Gasteiger partial charge < -0.3 is 20.1 Å². The first kappa shape index (κ1) is 16.3. The van der Waals surface area contributed by atoms with Crippen LogP contribution in [-0.4, -0.2) is 41.7 Å². The minimum atomic E-state index is -1.06. The van der Waals surface area contributed by atoms with E-state index >= 15 is 0 Å². The zero-order chi connectivity index (χ0) is 15.3. The molecule has 0 heterocycles. The first-order valence-corrected chi connectivity index (χ1v) is 6.77. The number of ether oxygens (including phenoxy) is 1. The largest absolute Gasteiger partial charge is 0.495 e.